The van der Waals surface area contributed by atoms with E-state index < -0.39 is 10.0 Å². The fraction of sp³-hybridized carbons (Fsp3) is 0.316. The maximum absolute atomic E-state index is 12.2. The van der Waals surface area contributed by atoms with Gasteiger partial charge in [-0.25, -0.2) is 8.42 Å². The first-order valence-corrected chi connectivity index (χ1v) is 10.1. The number of carbonyl (C=O) groups is 1. The predicted molar refractivity (Wildman–Crippen MR) is 101 cm³/mol. The molecule has 0 fully saturated rings. The highest BCUT2D eigenvalue weighted by molar-refractivity contribution is 7.92. The summed E-state index contributed by atoms with van der Waals surface area (Å²) in [5.74, 6) is -0.155. The normalized spacial score (nSPS) is 11.2. The average molecular weight is 360 g/mol. The Hall–Kier alpha value is -2.34. The van der Waals surface area contributed by atoms with Crippen LogP contribution in [0.3, 0.4) is 0 Å². The van der Waals surface area contributed by atoms with Crippen molar-refractivity contribution in [2.75, 3.05) is 17.1 Å². The van der Waals surface area contributed by atoms with Gasteiger partial charge in [0.2, 0.25) is 10.0 Å². The van der Waals surface area contributed by atoms with Crippen LogP contribution in [0.5, 0.6) is 0 Å². The van der Waals surface area contributed by atoms with Crippen LogP contribution in [0.15, 0.2) is 48.5 Å². The molecule has 6 heteroatoms. The molecule has 0 aromatic heterocycles. The Labute approximate surface area is 149 Å². The summed E-state index contributed by atoms with van der Waals surface area (Å²) in [6, 6.07) is 14.4. The highest BCUT2D eigenvalue weighted by Gasteiger charge is 2.18. The minimum Gasteiger partial charge on any atom is -0.352 e. The van der Waals surface area contributed by atoms with E-state index in [0.29, 0.717) is 17.8 Å². The van der Waals surface area contributed by atoms with Crippen molar-refractivity contribution in [3.8, 4) is 0 Å². The van der Waals surface area contributed by atoms with Gasteiger partial charge in [-0.15, -0.1) is 0 Å². The van der Waals surface area contributed by atoms with Crippen LogP contribution in [-0.2, 0) is 16.6 Å². The molecule has 0 unspecified atom stereocenters. The van der Waals surface area contributed by atoms with Gasteiger partial charge in [-0.3, -0.25) is 9.10 Å². The number of nitrogens with one attached hydrogen (secondary N) is 1. The lowest BCUT2D eigenvalue weighted by Crippen LogP contribution is -2.29. The number of sulfonamides is 1. The molecule has 0 aliphatic rings. The third-order valence-corrected chi connectivity index (χ3v) is 4.94. The van der Waals surface area contributed by atoms with Crippen LogP contribution in [0.4, 0.5) is 5.69 Å². The molecule has 2 rings (SSSR count). The molecule has 0 spiro atoms. The lowest BCUT2D eigenvalue weighted by molar-refractivity contribution is 0.0953. The number of nitrogens with zero attached hydrogens (tertiary/aromatic N) is 1. The van der Waals surface area contributed by atoms with Gasteiger partial charge in [0, 0.05) is 12.1 Å². The molecule has 0 radical (unpaired) electrons. The summed E-state index contributed by atoms with van der Waals surface area (Å²) in [6.07, 6.45) is 2.05. The zero-order valence-electron chi connectivity index (χ0n) is 14.8. The van der Waals surface area contributed by atoms with E-state index in [4.69, 9.17) is 0 Å². The van der Waals surface area contributed by atoms with Crippen LogP contribution in [0, 0.1) is 6.92 Å². The molecule has 0 atom stereocenters. The van der Waals surface area contributed by atoms with Crippen molar-refractivity contribution in [2.24, 2.45) is 0 Å². The van der Waals surface area contributed by atoms with Crippen molar-refractivity contribution < 1.29 is 13.2 Å². The molecular weight excluding hydrogens is 336 g/mol. The van der Waals surface area contributed by atoms with E-state index in [-0.39, 0.29) is 12.5 Å². The van der Waals surface area contributed by atoms with Gasteiger partial charge in [-0.2, -0.15) is 0 Å². The van der Waals surface area contributed by atoms with Gasteiger partial charge in [0.15, 0.2) is 0 Å². The molecule has 0 bridgehead atoms. The van der Waals surface area contributed by atoms with Crippen LogP contribution in [-0.4, -0.2) is 27.1 Å². The summed E-state index contributed by atoms with van der Waals surface area (Å²) in [5.41, 5.74) is 3.08. The Balaban J connectivity index is 2.23. The van der Waals surface area contributed by atoms with Gasteiger partial charge in [-0.05, 0) is 43.2 Å². The molecule has 2 aromatic carbocycles. The number of anilines is 1. The Kier molecular flexibility index (Phi) is 6.20. The summed E-state index contributed by atoms with van der Waals surface area (Å²) < 4.78 is 25.8. The smallest absolute Gasteiger partial charge is 0.251 e. The van der Waals surface area contributed by atoms with Crippen LogP contribution in [0.2, 0.25) is 0 Å². The Morgan fingerprint density at radius 2 is 1.64 bits per heavy atom. The van der Waals surface area contributed by atoms with Crippen molar-refractivity contribution in [2.45, 2.75) is 26.8 Å². The number of hydrogen-bond donors (Lipinski definition) is 1. The molecule has 134 valence electrons. The Morgan fingerprint density at radius 3 is 2.16 bits per heavy atom. The maximum atomic E-state index is 12.2. The minimum atomic E-state index is -3.44. The lowest BCUT2D eigenvalue weighted by atomic mass is 10.1. The highest BCUT2D eigenvalue weighted by atomic mass is 32.2. The van der Waals surface area contributed by atoms with Crippen LogP contribution < -0.4 is 9.62 Å². The van der Waals surface area contributed by atoms with Crippen molar-refractivity contribution >= 4 is 21.6 Å². The molecule has 5 nitrogen and oxygen atoms in total. The van der Waals surface area contributed by atoms with Crippen LogP contribution >= 0.6 is 0 Å². The first-order chi connectivity index (χ1) is 11.8. The summed E-state index contributed by atoms with van der Waals surface area (Å²) in [7, 11) is -3.44. The predicted octanol–water partition coefficient (Wildman–Crippen LogP) is 3.10. The molecule has 25 heavy (non-hydrogen) atoms. The zero-order valence-corrected chi connectivity index (χ0v) is 15.6. The molecule has 0 aliphatic heterocycles. The summed E-state index contributed by atoms with van der Waals surface area (Å²) in [4.78, 5) is 12.0. The Bertz CT molecular complexity index is 813. The standard InChI is InChI=1S/C19H24N2O3S/c1-4-13-20-19(22)17-9-11-18(12-10-17)21(25(3,23)24)14-16-7-5-15(2)6-8-16/h5-12H,4,13-14H2,1-3H3,(H,20,22). The zero-order chi connectivity index (χ0) is 18.4. The number of aryl methyl sites for hydroxylation is 1. The molecule has 0 heterocycles. The number of carbonyl (C=O) groups excluding carboxylic acids is 1. The van der Waals surface area contributed by atoms with Gasteiger partial charge >= 0.3 is 0 Å². The SMILES string of the molecule is CCCNC(=O)c1ccc(N(Cc2ccc(C)cc2)S(C)(=O)=O)cc1. The lowest BCUT2D eigenvalue weighted by Gasteiger charge is -2.23. The van der Waals surface area contributed by atoms with Gasteiger partial charge in [-0.1, -0.05) is 36.8 Å². The molecule has 0 saturated carbocycles. The van der Waals surface area contributed by atoms with Crippen molar-refractivity contribution in [1.82, 2.24) is 5.32 Å². The first kappa shape index (κ1) is 19.0. The van der Waals surface area contributed by atoms with Crippen molar-refractivity contribution in [3.05, 3.63) is 65.2 Å². The molecule has 0 saturated heterocycles. The fourth-order valence-corrected chi connectivity index (χ4v) is 3.27. The molecular formula is C19H24N2O3S. The van der Waals surface area contributed by atoms with E-state index >= 15 is 0 Å². The Morgan fingerprint density at radius 1 is 1.04 bits per heavy atom. The van der Waals surface area contributed by atoms with E-state index in [1.807, 2.05) is 38.1 Å². The number of benzene rings is 2. The monoisotopic (exact) mass is 360 g/mol. The summed E-state index contributed by atoms with van der Waals surface area (Å²) in [6.45, 7) is 4.84. The molecule has 1 N–H and O–H groups in total. The van der Waals surface area contributed by atoms with Crippen LogP contribution in [0.1, 0.15) is 34.8 Å². The largest absolute Gasteiger partial charge is 0.352 e. The number of amides is 1. The second-order valence-corrected chi connectivity index (χ2v) is 7.96. The molecule has 2 aromatic rings. The van der Waals surface area contributed by atoms with Gasteiger partial charge in [0.25, 0.3) is 5.91 Å². The van der Waals surface area contributed by atoms with E-state index in [2.05, 4.69) is 5.32 Å². The second kappa shape index (κ2) is 8.16. The molecule has 1 amide bonds. The maximum Gasteiger partial charge on any atom is 0.251 e. The minimum absolute atomic E-state index is 0.155. The van der Waals surface area contributed by atoms with E-state index in [0.717, 1.165) is 17.5 Å². The third kappa shape index (κ3) is 5.32. The van der Waals surface area contributed by atoms with E-state index in [1.54, 1.807) is 24.3 Å². The summed E-state index contributed by atoms with van der Waals surface area (Å²) >= 11 is 0. The van der Waals surface area contributed by atoms with Crippen molar-refractivity contribution in [1.29, 1.82) is 0 Å². The van der Waals surface area contributed by atoms with Crippen LogP contribution in [0.25, 0.3) is 0 Å². The third-order valence-electron chi connectivity index (χ3n) is 3.80. The topological polar surface area (TPSA) is 66.5 Å². The van der Waals surface area contributed by atoms with E-state index in [9.17, 15) is 13.2 Å². The number of hydrogen-bond acceptors (Lipinski definition) is 3. The number of rotatable bonds is 7. The van der Waals surface area contributed by atoms with Crippen molar-refractivity contribution in [3.63, 3.8) is 0 Å². The molecule has 0 aliphatic carbocycles. The summed E-state index contributed by atoms with van der Waals surface area (Å²) in [5, 5.41) is 2.80. The first-order valence-electron chi connectivity index (χ1n) is 8.23. The highest BCUT2D eigenvalue weighted by Crippen LogP contribution is 2.21. The van der Waals surface area contributed by atoms with E-state index in [1.165, 1.54) is 10.6 Å². The average Bonchev–Trinajstić information content (AvgIpc) is 2.58. The van der Waals surface area contributed by atoms with Gasteiger partial charge < -0.3 is 5.32 Å². The quantitative estimate of drug-likeness (QED) is 0.825. The van der Waals surface area contributed by atoms with Gasteiger partial charge in [0.1, 0.15) is 0 Å². The van der Waals surface area contributed by atoms with Gasteiger partial charge in [0.05, 0.1) is 18.5 Å². The second-order valence-electron chi connectivity index (χ2n) is 6.06. The fourth-order valence-electron chi connectivity index (χ4n) is 2.38.